The lowest BCUT2D eigenvalue weighted by atomic mass is 10.0. The number of hydrogen-bond acceptors (Lipinski definition) is 26. The van der Waals surface area contributed by atoms with Gasteiger partial charge in [0.2, 0.25) is 0 Å². The van der Waals surface area contributed by atoms with E-state index in [9.17, 15) is 81.8 Å². The van der Waals surface area contributed by atoms with E-state index in [0.717, 1.165) is 62.8 Å². The molecule has 0 aliphatic carbocycles. The van der Waals surface area contributed by atoms with Crippen LogP contribution in [0.25, 0.3) is 0 Å². The quantitative estimate of drug-likeness (QED) is 0.0348. The van der Waals surface area contributed by atoms with Gasteiger partial charge in [0.1, 0.15) is 11.5 Å². The Balaban J connectivity index is 0.000000183. The maximum Gasteiger partial charge on any atom is 0.173 e. The Morgan fingerprint density at radius 1 is 0.194 bits per heavy atom. The van der Waals surface area contributed by atoms with E-state index in [-0.39, 0.29) is 207 Å². The van der Waals surface area contributed by atoms with Crippen LogP contribution >= 0.6 is 90.7 Å². The van der Waals surface area contributed by atoms with Gasteiger partial charge in [-0.25, -0.2) is 0 Å². The second kappa shape index (κ2) is 61.5. The summed E-state index contributed by atoms with van der Waals surface area (Å²) in [6, 6.07) is 88.7. The third kappa shape index (κ3) is 39.5. The molecule has 18 nitrogen and oxygen atoms in total. The van der Waals surface area contributed by atoms with Crippen molar-refractivity contribution in [2.45, 2.75) is 137 Å². The summed E-state index contributed by atoms with van der Waals surface area (Å²) in [5.41, 5.74) is 10.3. The Bertz CT molecular complexity index is 6530. The number of para-hydroxylation sites is 1. The first-order chi connectivity index (χ1) is 69.5. The number of phenols is 1. The molecule has 0 saturated carbocycles. The molecule has 0 spiro atoms. The topological polar surface area (TPSA) is 303 Å². The van der Waals surface area contributed by atoms with Crippen LogP contribution in [0.15, 0.2) is 340 Å². The molecule has 0 aliphatic heterocycles. The third-order valence-corrected chi connectivity index (χ3v) is 28.8. The Hall–Kier alpha value is -14.3. The van der Waals surface area contributed by atoms with Crippen molar-refractivity contribution in [3.8, 4) is 11.5 Å². The predicted octanol–water partition coefficient (Wildman–Crippen LogP) is 30.0. The fraction of sp³-hybridized carbons (Fsp3) is 0.186. The van der Waals surface area contributed by atoms with Gasteiger partial charge in [-0.1, -0.05) is 229 Å². The third-order valence-electron chi connectivity index (χ3n) is 21.5. The zero-order valence-electron chi connectivity index (χ0n) is 80.4. The van der Waals surface area contributed by atoms with E-state index in [1.807, 2.05) is 248 Å². The molecule has 8 aromatic heterocycles. The molecule has 8 heterocycles. The molecule has 0 aliphatic rings. The standard InChI is InChI=1S/C16H16O3S.4C15H14O2S.C14H12O3S.2C14H12O2S/c1-11-10-12(5-8-15(11)19-2)13(17)6-7-14(18)16-4-3-9-20-16;2*1-11-4-2-5-12(10-11)13(16)7-8-14(17)15-6-3-9-18-15;2*1-11-4-6-12(7-5-11)13(16)8-9-14(17)15-3-2-10-18-15;15-11-5-2-1-4-10(11)12(16)7-8-13(17)14-6-3-9-18-14;2*15-12(11-5-2-1-3-6-11)8-9-13(16)14-7-4-10-17-14/h3-5,8-10H,6-7H2,1-2H3;2*2-6,9-10H,7-8H2,1H3;2*2-7,10H,8-9H2,1H3;1-6,9,15H,7-8H2;2*1-7,10H,8-9H2. The van der Waals surface area contributed by atoms with Gasteiger partial charge in [-0.2, -0.15) is 0 Å². The summed E-state index contributed by atoms with van der Waals surface area (Å²) in [6.07, 6.45) is 4.17. The SMILES string of the molecule is COc1ccc(C(=O)CCC(=O)c2cccs2)cc1C.Cc1ccc(C(=O)CCC(=O)c2cccs2)cc1.Cc1ccc(C(=O)CCC(=O)c2cccs2)cc1.Cc1cccc(C(=O)CCC(=O)c2cccs2)c1.Cc1cccc(C(=O)CCC(=O)c2cccs2)c1.O=C(CCC(=O)c1ccccc1O)c1cccs1.O=C(CCC(=O)c1cccs1)c1ccccc1.O=C(CCC(=O)c1cccs1)c1ccccc1. The molecule has 0 saturated heterocycles. The lowest BCUT2D eigenvalue weighted by Gasteiger charge is -2.06. The molecular formula is C118H108O18S8. The van der Waals surface area contributed by atoms with Crippen molar-refractivity contribution in [1.82, 2.24) is 0 Å². The number of Topliss-reactive ketones (excluding diaryl/α,β-unsaturated/α-hetero) is 16. The molecule has 0 radical (unpaired) electrons. The first-order valence-electron chi connectivity index (χ1n) is 46.1. The number of aromatic hydroxyl groups is 1. The minimum Gasteiger partial charge on any atom is -0.507 e. The maximum atomic E-state index is 12.1. The normalized spacial score (nSPS) is 10.2. The van der Waals surface area contributed by atoms with Crippen molar-refractivity contribution in [3.05, 3.63) is 452 Å². The Morgan fingerprint density at radius 2 is 0.403 bits per heavy atom. The Kier molecular flexibility index (Phi) is 48.4. The van der Waals surface area contributed by atoms with Crippen LogP contribution in [0.5, 0.6) is 11.5 Å². The van der Waals surface area contributed by atoms with E-state index >= 15 is 0 Å². The fourth-order valence-corrected chi connectivity index (χ4v) is 19.1. The highest BCUT2D eigenvalue weighted by molar-refractivity contribution is 7.14. The second-order valence-electron chi connectivity index (χ2n) is 32.5. The highest BCUT2D eigenvalue weighted by atomic mass is 32.1. The first-order valence-corrected chi connectivity index (χ1v) is 53.1. The maximum absolute atomic E-state index is 12.1. The molecule has 144 heavy (non-hydrogen) atoms. The van der Waals surface area contributed by atoms with Crippen LogP contribution in [-0.2, 0) is 0 Å². The summed E-state index contributed by atoms with van der Waals surface area (Å²) < 4.78 is 5.16. The van der Waals surface area contributed by atoms with E-state index in [0.29, 0.717) is 48.7 Å². The number of phenolic OH excluding ortho intramolecular Hbond substituents is 1. The molecule has 1 N–H and O–H groups in total. The number of thiophene rings is 8. The first kappa shape index (κ1) is 113. The Labute approximate surface area is 870 Å². The molecule has 736 valence electrons. The van der Waals surface area contributed by atoms with Gasteiger partial charge in [0.05, 0.1) is 51.7 Å². The van der Waals surface area contributed by atoms with Crippen LogP contribution in [0.3, 0.4) is 0 Å². The van der Waals surface area contributed by atoms with Crippen molar-refractivity contribution < 1.29 is 86.6 Å². The minimum atomic E-state index is -0.210. The van der Waals surface area contributed by atoms with Gasteiger partial charge in [-0.05, 0) is 174 Å². The molecule has 0 unspecified atom stereocenters. The van der Waals surface area contributed by atoms with Crippen LogP contribution in [0.4, 0.5) is 0 Å². The number of ether oxygens (including phenoxy) is 1. The van der Waals surface area contributed by atoms with E-state index in [1.165, 1.54) is 96.8 Å². The van der Waals surface area contributed by atoms with Gasteiger partial charge >= 0.3 is 0 Å². The molecular weight excluding hydrogens is 1960 g/mol. The summed E-state index contributed by atoms with van der Waals surface area (Å²) in [4.78, 5) is 195. The highest BCUT2D eigenvalue weighted by Crippen LogP contribution is 2.27. The molecule has 16 aromatic rings. The minimum absolute atomic E-state index is 0.0133. The average Bonchev–Trinajstić information content (AvgIpc) is 1.23. The molecule has 0 bridgehead atoms. The lowest BCUT2D eigenvalue weighted by Crippen LogP contribution is -2.04. The summed E-state index contributed by atoms with van der Waals surface area (Å²) in [6.45, 7) is 9.76. The average molecular weight is 2070 g/mol. The number of carbonyl (C=O) groups is 16. The molecule has 26 heteroatoms. The summed E-state index contributed by atoms with van der Waals surface area (Å²) in [7, 11) is 1.60. The number of rotatable bonds is 41. The van der Waals surface area contributed by atoms with Crippen LogP contribution < -0.4 is 4.74 Å². The highest BCUT2D eigenvalue weighted by Gasteiger charge is 2.21. The smallest absolute Gasteiger partial charge is 0.173 e. The van der Waals surface area contributed by atoms with Gasteiger partial charge in [0.25, 0.3) is 0 Å². The molecule has 0 fully saturated rings. The lowest BCUT2D eigenvalue weighted by molar-refractivity contribution is 0.0918. The number of benzene rings is 8. The van der Waals surface area contributed by atoms with Crippen LogP contribution in [-0.4, -0.2) is 105 Å². The van der Waals surface area contributed by atoms with Crippen molar-refractivity contribution in [3.63, 3.8) is 0 Å². The van der Waals surface area contributed by atoms with Crippen LogP contribution in [0.1, 0.15) is 291 Å². The summed E-state index contributed by atoms with van der Waals surface area (Å²) in [5.74, 6) is 0.938. The molecule has 0 atom stereocenters. The molecule has 8 aromatic carbocycles. The van der Waals surface area contributed by atoms with Crippen LogP contribution in [0.2, 0.25) is 0 Å². The van der Waals surface area contributed by atoms with E-state index in [2.05, 4.69) is 0 Å². The largest absolute Gasteiger partial charge is 0.507 e. The van der Waals surface area contributed by atoms with E-state index < -0.39 is 0 Å². The van der Waals surface area contributed by atoms with Gasteiger partial charge < -0.3 is 9.84 Å². The Morgan fingerprint density at radius 3 is 0.632 bits per heavy atom. The van der Waals surface area contributed by atoms with Crippen LogP contribution in [0, 0.1) is 34.6 Å². The van der Waals surface area contributed by atoms with E-state index in [1.54, 1.807) is 128 Å². The zero-order valence-corrected chi connectivity index (χ0v) is 86.9. The summed E-state index contributed by atoms with van der Waals surface area (Å²) in [5, 5.41) is 24.4. The molecule has 16 rings (SSSR count). The van der Waals surface area contributed by atoms with Gasteiger partial charge in [0.15, 0.2) is 92.5 Å². The van der Waals surface area contributed by atoms with Crippen molar-refractivity contribution in [2.75, 3.05) is 7.11 Å². The number of aryl methyl sites for hydroxylation is 5. The zero-order chi connectivity index (χ0) is 103. The van der Waals surface area contributed by atoms with Gasteiger partial charge in [0, 0.05) is 142 Å². The number of ketones is 16. The van der Waals surface area contributed by atoms with Gasteiger partial charge in [-0.3, -0.25) is 76.7 Å². The summed E-state index contributed by atoms with van der Waals surface area (Å²) >= 11 is 11.3. The van der Waals surface area contributed by atoms with Crippen molar-refractivity contribution in [1.29, 1.82) is 0 Å². The fourth-order valence-electron chi connectivity index (χ4n) is 13.6. The van der Waals surface area contributed by atoms with Crippen molar-refractivity contribution in [2.24, 2.45) is 0 Å². The second-order valence-corrected chi connectivity index (χ2v) is 40.1. The predicted molar refractivity (Wildman–Crippen MR) is 581 cm³/mol. The number of hydrogen-bond donors (Lipinski definition) is 1. The van der Waals surface area contributed by atoms with Gasteiger partial charge in [-0.15, -0.1) is 90.7 Å². The number of methoxy groups -OCH3 is 1. The van der Waals surface area contributed by atoms with E-state index in [4.69, 9.17) is 4.74 Å². The monoisotopic (exact) mass is 2070 g/mol. The number of carbonyl (C=O) groups excluding carboxylic acids is 16. The van der Waals surface area contributed by atoms with Crippen molar-refractivity contribution >= 4 is 183 Å². The molecule has 0 amide bonds.